The Morgan fingerprint density at radius 1 is 1.12 bits per heavy atom. The van der Waals surface area contributed by atoms with Crippen molar-refractivity contribution in [1.29, 1.82) is 0 Å². The number of thioether (sulfide) groups is 1. The van der Waals surface area contributed by atoms with Crippen molar-refractivity contribution in [2.45, 2.75) is 25.2 Å². The van der Waals surface area contributed by atoms with Crippen molar-refractivity contribution in [3.05, 3.63) is 58.6 Å². The normalized spacial score (nSPS) is 10.4. The minimum absolute atomic E-state index is 0.0717. The largest absolute Gasteiger partial charge is 0.352 e. The summed E-state index contributed by atoms with van der Waals surface area (Å²) in [5.74, 6) is 0.455. The van der Waals surface area contributed by atoms with Gasteiger partial charge >= 0.3 is 0 Å². The van der Waals surface area contributed by atoms with Gasteiger partial charge < -0.3 is 10.6 Å². The first-order valence-corrected chi connectivity index (χ1v) is 9.43. The molecule has 25 heavy (non-hydrogen) atoms. The zero-order chi connectivity index (χ0) is 18.2. The molecule has 0 saturated heterocycles. The van der Waals surface area contributed by atoms with Crippen molar-refractivity contribution in [2.24, 2.45) is 0 Å². The predicted octanol–water partition coefficient (Wildman–Crippen LogP) is 4.52. The molecule has 0 saturated carbocycles. The highest BCUT2D eigenvalue weighted by molar-refractivity contribution is 7.99. The van der Waals surface area contributed by atoms with Crippen LogP contribution in [0.2, 0.25) is 5.02 Å². The quantitative estimate of drug-likeness (QED) is 0.698. The molecule has 2 amide bonds. The van der Waals surface area contributed by atoms with Gasteiger partial charge in [-0.3, -0.25) is 9.59 Å². The number of amides is 2. The molecule has 0 unspecified atom stereocenters. The average Bonchev–Trinajstić information content (AvgIpc) is 2.59. The molecule has 0 fully saturated rings. The summed E-state index contributed by atoms with van der Waals surface area (Å²) < 4.78 is 0. The molecule has 2 rings (SSSR count). The Balaban J connectivity index is 1.90. The highest BCUT2D eigenvalue weighted by Gasteiger charge is 2.10. The highest BCUT2D eigenvalue weighted by Crippen LogP contribution is 2.22. The fraction of sp³-hybridized carbons (Fsp3) is 0.263. The summed E-state index contributed by atoms with van der Waals surface area (Å²) in [4.78, 5) is 25.2. The lowest BCUT2D eigenvalue weighted by molar-refractivity contribution is -0.115. The van der Waals surface area contributed by atoms with Crippen molar-refractivity contribution < 1.29 is 9.59 Å². The van der Waals surface area contributed by atoms with Crippen LogP contribution in [0.1, 0.15) is 29.3 Å². The monoisotopic (exact) mass is 376 g/mol. The zero-order valence-corrected chi connectivity index (χ0v) is 15.8. The molecule has 132 valence electrons. The van der Waals surface area contributed by atoms with Crippen LogP contribution in [-0.2, 0) is 4.79 Å². The second-order valence-electron chi connectivity index (χ2n) is 5.49. The maximum absolute atomic E-state index is 12.2. The Labute approximate surface area is 157 Å². The zero-order valence-electron chi connectivity index (χ0n) is 14.3. The van der Waals surface area contributed by atoms with E-state index in [9.17, 15) is 9.59 Å². The van der Waals surface area contributed by atoms with E-state index in [2.05, 4.69) is 10.6 Å². The number of halogens is 1. The summed E-state index contributed by atoms with van der Waals surface area (Å²) in [5.41, 5.74) is 2.13. The van der Waals surface area contributed by atoms with E-state index in [-0.39, 0.29) is 11.8 Å². The van der Waals surface area contributed by atoms with Crippen molar-refractivity contribution in [3.63, 3.8) is 0 Å². The second kappa shape index (κ2) is 9.49. The van der Waals surface area contributed by atoms with E-state index >= 15 is 0 Å². The molecule has 2 N–H and O–H groups in total. The van der Waals surface area contributed by atoms with Crippen LogP contribution in [0.5, 0.6) is 0 Å². The van der Waals surface area contributed by atoms with Crippen molar-refractivity contribution >= 4 is 40.9 Å². The summed E-state index contributed by atoms with van der Waals surface area (Å²) in [6, 6.07) is 12.8. The Hall–Kier alpha value is -1.98. The van der Waals surface area contributed by atoms with E-state index in [1.54, 1.807) is 23.9 Å². The van der Waals surface area contributed by atoms with E-state index in [4.69, 9.17) is 11.6 Å². The van der Waals surface area contributed by atoms with Crippen molar-refractivity contribution in [1.82, 2.24) is 5.32 Å². The number of anilines is 1. The second-order valence-corrected chi connectivity index (χ2v) is 7.09. The Kier molecular flexibility index (Phi) is 7.34. The lowest BCUT2D eigenvalue weighted by Crippen LogP contribution is -2.23. The van der Waals surface area contributed by atoms with Crippen LogP contribution in [0, 0.1) is 6.92 Å². The minimum atomic E-state index is -0.142. The van der Waals surface area contributed by atoms with Crippen LogP contribution < -0.4 is 10.6 Å². The van der Waals surface area contributed by atoms with Crippen LogP contribution in [0.15, 0.2) is 47.4 Å². The Bertz CT molecular complexity index is 748. The number of carbonyl (C=O) groups is 2. The number of hydrogen-bond donors (Lipinski definition) is 2. The fourth-order valence-corrected chi connectivity index (χ4v) is 3.14. The van der Waals surface area contributed by atoms with E-state index in [0.29, 0.717) is 35.0 Å². The molecule has 0 spiro atoms. The van der Waals surface area contributed by atoms with Crippen LogP contribution >= 0.6 is 23.4 Å². The van der Waals surface area contributed by atoms with Gasteiger partial charge in [0.25, 0.3) is 5.91 Å². The smallest absolute Gasteiger partial charge is 0.251 e. The number of aryl methyl sites for hydroxylation is 1. The van der Waals surface area contributed by atoms with Crippen molar-refractivity contribution in [2.75, 3.05) is 17.6 Å². The third-order valence-corrected chi connectivity index (χ3v) is 4.79. The number of hydrogen-bond acceptors (Lipinski definition) is 3. The van der Waals surface area contributed by atoms with Crippen molar-refractivity contribution in [3.8, 4) is 0 Å². The average molecular weight is 377 g/mol. The van der Waals surface area contributed by atoms with Gasteiger partial charge in [0.05, 0.1) is 0 Å². The molecule has 0 heterocycles. The molecule has 0 aliphatic rings. The van der Waals surface area contributed by atoms with Gasteiger partial charge in [0, 0.05) is 39.9 Å². The maximum Gasteiger partial charge on any atom is 0.251 e. The third-order valence-electron chi connectivity index (χ3n) is 3.52. The molecule has 0 aromatic heterocycles. The van der Waals surface area contributed by atoms with Crippen LogP contribution in [0.3, 0.4) is 0 Å². The third kappa shape index (κ3) is 6.11. The molecule has 0 atom stereocenters. The maximum atomic E-state index is 12.2. The molecule has 0 radical (unpaired) electrons. The van der Waals surface area contributed by atoms with Gasteiger partial charge in [-0.1, -0.05) is 17.7 Å². The highest BCUT2D eigenvalue weighted by atomic mass is 35.5. The summed E-state index contributed by atoms with van der Waals surface area (Å²) in [7, 11) is 0. The first kappa shape index (κ1) is 19.3. The number of nitrogens with one attached hydrogen (secondary N) is 2. The van der Waals surface area contributed by atoms with Gasteiger partial charge in [0.2, 0.25) is 5.91 Å². The van der Waals surface area contributed by atoms with E-state index < -0.39 is 0 Å². The summed E-state index contributed by atoms with van der Waals surface area (Å²) in [6.45, 7) is 4.34. The minimum Gasteiger partial charge on any atom is -0.352 e. The van der Waals surface area contributed by atoms with Gasteiger partial charge in [-0.25, -0.2) is 0 Å². The van der Waals surface area contributed by atoms with Crippen LogP contribution in [-0.4, -0.2) is 24.1 Å². The molecule has 0 bridgehead atoms. The first-order chi connectivity index (χ1) is 12.0. The van der Waals surface area contributed by atoms with Gasteiger partial charge in [-0.15, -0.1) is 11.8 Å². The summed E-state index contributed by atoms with van der Waals surface area (Å²) in [6.07, 6.45) is 0.387. The van der Waals surface area contributed by atoms with Gasteiger partial charge in [-0.05, 0) is 55.8 Å². The lowest BCUT2D eigenvalue weighted by Gasteiger charge is -2.11. The molecule has 2 aromatic carbocycles. The number of benzene rings is 2. The number of rotatable bonds is 7. The molecule has 2 aromatic rings. The first-order valence-electron chi connectivity index (χ1n) is 8.06. The fourth-order valence-electron chi connectivity index (χ4n) is 2.17. The summed E-state index contributed by atoms with van der Waals surface area (Å²) in [5, 5.41) is 6.34. The molecular formula is C19H21ClN2O2S. The Morgan fingerprint density at radius 3 is 2.52 bits per heavy atom. The number of carbonyl (C=O) groups excluding carboxylic acids is 2. The van der Waals surface area contributed by atoms with Gasteiger partial charge in [0.15, 0.2) is 0 Å². The SMILES string of the molecule is CCNC(=O)c1ccc(C)c(NC(=O)CCSc2ccc(Cl)cc2)c1. The topological polar surface area (TPSA) is 58.2 Å². The molecule has 0 aliphatic heterocycles. The summed E-state index contributed by atoms with van der Waals surface area (Å²) >= 11 is 7.46. The predicted molar refractivity (Wildman–Crippen MR) is 105 cm³/mol. The standard InChI is InChI=1S/C19H21ClN2O2S/c1-3-21-19(24)14-5-4-13(2)17(12-14)22-18(23)10-11-25-16-8-6-15(20)7-9-16/h4-9,12H,3,10-11H2,1-2H3,(H,21,24)(H,22,23). The van der Waals surface area contributed by atoms with Gasteiger partial charge in [-0.2, -0.15) is 0 Å². The van der Waals surface area contributed by atoms with E-state index in [0.717, 1.165) is 10.5 Å². The molecular weight excluding hydrogens is 356 g/mol. The lowest BCUT2D eigenvalue weighted by atomic mass is 10.1. The van der Waals surface area contributed by atoms with Crippen LogP contribution in [0.25, 0.3) is 0 Å². The van der Waals surface area contributed by atoms with E-state index in [1.165, 1.54) is 0 Å². The van der Waals surface area contributed by atoms with Gasteiger partial charge in [0.1, 0.15) is 0 Å². The molecule has 4 nitrogen and oxygen atoms in total. The Morgan fingerprint density at radius 2 is 1.84 bits per heavy atom. The van der Waals surface area contributed by atoms with E-state index in [1.807, 2.05) is 44.2 Å². The molecule has 0 aliphatic carbocycles. The van der Waals surface area contributed by atoms with Crippen LogP contribution in [0.4, 0.5) is 5.69 Å². The molecule has 6 heteroatoms.